The highest BCUT2D eigenvalue weighted by molar-refractivity contribution is 7.22. The van der Waals surface area contributed by atoms with Crippen molar-refractivity contribution >= 4 is 66.9 Å². The maximum Gasteiger partial charge on any atom is 0.290 e. The molecule has 0 aliphatic heterocycles. The zero-order valence-electron chi connectivity index (χ0n) is 15.8. The van der Waals surface area contributed by atoms with Crippen molar-refractivity contribution in [3.63, 3.8) is 0 Å². The van der Waals surface area contributed by atoms with Crippen LogP contribution in [0.1, 0.15) is 12.8 Å². The van der Waals surface area contributed by atoms with Gasteiger partial charge >= 0.3 is 0 Å². The van der Waals surface area contributed by atoms with Gasteiger partial charge in [-0.15, -0.1) is 10.2 Å². The third-order valence-corrected chi connectivity index (χ3v) is 5.92. The molecule has 0 saturated heterocycles. The molecule has 0 N–H and O–H groups in total. The molecule has 0 saturated carbocycles. The van der Waals surface area contributed by atoms with Crippen molar-refractivity contribution in [1.82, 2.24) is 4.98 Å². The predicted octanol–water partition coefficient (Wildman–Crippen LogP) is 6.56. The number of azo groups is 1. The largest absolute Gasteiger partial charge is 0.369 e. The minimum atomic E-state index is -0.605. The van der Waals surface area contributed by atoms with Crippen LogP contribution in [0.25, 0.3) is 10.2 Å². The van der Waals surface area contributed by atoms with Crippen LogP contribution in [0.4, 0.5) is 22.2 Å². The molecule has 2 aromatic carbocycles. The number of nitro groups is 1. The molecule has 0 amide bonds. The van der Waals surface area contributed by atoms with Gasteiger partial charge in [-0.05, 0) is 24.3 Å². The van der Waals surface area contributed by atoms with Gasteiger partial charge in [0.05, 0.1) is 45.3 Å². The molecule has 0 unspecified atom stereocenters. The standard InChI is InChI=1S/C19H13Cl2N7O2S/c20-16-14(28(29)30)11-15-18(17(16)21)24-19(31-15)26-25-12-3-5-13(6-4-12)27(9-1-7-22)10-2-8-23/h3-6,11H,1-2,9-10H2. The summed E-state index contributed by atoms with van der Waals surface area (Å²) < 4.78 is 0.482. The lowest BCUT2D eigenvalue weighted by molar-refractivity contribution is -0.384. The third-order valence-electron chi connectivity index (χ3n) is 4.19. The summed E-state index contributed by atoms with van der Waals surface area (Å²) in [5.41, 5.74) is 1.48. The molecule has 0 fully saturated rings. The lowest BCUT2D eigenvalue weighted by atomic mass is 10.2. The summed E-state index contributed by atoms with van der Waals surface area (Å²) in [6.07, 6.45) is 0.713. The van der Waals surface area contributed by atoms with Crippen molar-refractivity contribution in [3.8, 4) is 12.1 Å². The van der Waals surface area contributed by atoms with Crippen molar-refractivity contribution in [2.45, 2.75) is 12.8 Å². The number of hydrogen-bond acceptors (Lipinski definition) is 9. The Labute approximate surface area is 190 Å². The van der Waals surface area contributed by atoms with Crippen molar-refractivity contribution in [1.29, 1.82) is 10.5 Å². The summed E-state index contributed by atoms with van der Waals surface area (Å²) in [4.78, 5) is 16.7. The van der Waals surface area contributed by atoms with Gasteiger partial charge in [-0.1, -0.05) is 34.5 Å². The first kappa shape index (κ1) is 22.4. The maximum absolute atomic E-state index is 11.1. The first-order valence-electron chi connectivity index (χ1n) is 8.88. The molecule has 12 heteroatoms. The zero-order valence-corrected chi connectivity index (χ0v) is 18.2. The molecule has 1 aromatic heterocycles. The highest BCUT2D eigenvalue weighted by Crippen LogP contribution is 2.42. The highest BCUT2D eigenvalue weighted by Gasteiger charge is 2.21. The number of nitrogens with zero attached hydrogens (tertiary/aromatic N) is 7. The molecule has 0 aliphatic carbocycles. The normalized spacial score (nSPS) is 10.8. The van der Waals surface area contributed by atoms with Crippen LogP contribution < -0.4 is 4.90 Å². The van der Waals surface area contributed by atoms with Crippen LogP contribution in [0.2, 0.25) is 10.0 Å². The Hall–Kier alpha value is -3.31. The van der Waals surface area contributed by atoms with E-state index < -0.39 is 4.92 Å². The van der Waals surface area contributed by atoms with E-state index in [4.69, 9.17) is 33.7 Å². The van der Waals surface area contributed by atoms with Crippen LogP contribution in [0.5, 0.6) is 0 Å². The topological polar surface area (TPSA) is 132 Å². The monoisotopic (exact) mass is 473 g/mol. The van der Waals surface area contributed by atoms with Crippen molar-refractivity contribution in [3.05, 3.63) is 50.5 Å². The molecule has 31 heavy (non-hydrogen) atoms. The van der Waals surface area contributed by atoms with Gasteiger partial charge in [0.1, 0.15) is 10.5 Å². The second-order valence-electron chi connectivity index (χ2n) is 6.14. The molecule has 3 aromatic rings. The number of anilines is 1. The first-order chi connectivity index (χ1) is 14.9. The number of hydrogen-bond donors (Lipinski definition) is 0. The lowest BCUT2D eigenvalue weighted by Gasteiger charge is -2.22. The fourth-order valence-electron chi connectivity index (χ4n) is 2.73. The van der Waals surface area contributed by atoms with E-state index in [1.54, 1.807) is 12.1 Å². The van der Waals surface area contributed by atoms with Gasteiger partial charge in [-0.3, -0.25) is 10.1 Å². The Kier molecular flexibility index (Phi) is 7.32. The van der Waals surface area contributed by atoms with E-state index in [0.717, 1.165) is 17.0 Å². The Bertz CT molecular complexity index is 1210. The second-order valence-corrected chi connectivity index (χ2v) is 7.91. The van der Waals surface area contributed by atoms with Gasteiger partial charge in [0.25, 0.3) is 5.69 Å². The van der Waals surface area contributed by atoms with E-state index in [-0.39, 0.29) is 20.9 Å². The number of nitriles is 2. The minimum absolute atomic E-state index is 0.00255. The van der Waals surface area contributed by atoms with Crippen molar-refractivity contribution < 1.29 is 4.92 Å². The molecule has 1 heterocycles. The van der Waals surface area contributed by atoms with Gasteiger partial charge in [-0.25, -0.2) is 4.98 Å². The molecule has 156 valence electrons. The Morgan fingerprint density at radius 1 is 1.10 bits per heavy atom. The minimum Gasteiger partial charge on any atom is -0.369 e. The van der Waals surface area contributed by atoms with E-state index in [0.29, 0.717) is 41.8 Å². The number of aromatic nitrogens is 1. The average molecular weight is 474 g/mol. The van der Waals surface area contributed by atoms with E-state index in [1.807, 2.05) is 17.0 Å². The van der Waals surface area contributed by atoms with Crippen LogP contribution >= 0.6 is 34.5 Å². The molecular weight excluding hydrogens is 461 g/mol. The fraction of sp³-hybridized carbons (Fsp3) is 0.211. The SMILES string of the molecule is N#CCCN(CCC#N)c1ccc(N=Nc2nc3c(Cl)c(Cl)c([N+](=O)[O-])cc3s2)cc1. The third kappa shape index (κ3) is 5.25. The first-order valence-corrected chi connectivity index (χ1v) is 10.5. The Balaban J connectivity index is 1.81. The van der Waals surface area contributed by atoms with Crippen molar-refractivity contribution in [2.75, 3.05) is 18.0 Å². The molecule has 9 nitrogen and oxygen atoms in total. The van der Waals surface area contributed by atoms with Crippen LogP contribution in [0, 0.1) is 32.8 Å². The number of fused-ring (bicyclic) bond motifs is 1. The number of nitro benzene ring substituents is 1. The van der Waals surface area contributed by atoms with Crippen LogP contribution in [-0.2, 0) is 0 Å². The molecule has 0 atom stereocenters. The summed E-state index contributed by atoms with van der Waals surface area (Å²) in [7, 11) is 0. The Morgan fingerprint density at radius 2 is 1.74 bits per heavy atom. The quantitative estimate of drug-likeness (QED) is 0.206. The smallest absolute Gasteiger partial charge is 0.290 e. The van der Waals surface area contributed by atoms with E-state index in [1.165, 1.54) is 6.07 Å². The molecule has 0 spiro atoms. The lowest BCUT2D eigenvalue weighted by Crippen LogP contribution is -2.25. The number of rotatable bonds is 8. The van der Waals surface area contributed by atoms with Gasteiger partial charge in [0.2, 0.25) is 5.13 Å². The van der Waals surface area contributed by atoms with E-state index in [2.05, 4.69) is 27.4 Å². The van der Waals surface area contributed by atoms with Gasteiger partial charge < -0.3 is 4.90 Å². The summed E-state index contributed by atoms with van der Waals surface area (Å²) in [5, 5.41) is 37.1. The summed E-state index contributed by atoms with van der Waals surface area (Å²) >= 11 is 13.2. The summed E-state index contributed by atoms with van der Waals surface area (Å²) in [6, 6.07) is 12.7. The molecule has 0 bridgehead atoms. The fourth-order valence-corrected chi connectivity index (χ4v) is 4.07. The zero-order chi connectivity index (χ0) is 22.4. The van der Waals surface area contributed by atoms with Crippen LogP contribution in [0.15, 0.2) is 40.6 Å². The van der Waals surface area contributed by atoms with Crippen LogP contribution in [-0.4, -0.2) is 23.0 Å². The second kappa shape index (κ2) is 10.1. The van der Waals surface area contributed by atoms with Crippen molar-refractivity contribution in [2.24, 2.45) is 10.2 Å². The molecule has 3 rings (SSSR count). The van der Waals surface area contributed by atoms with Crippen LogP contribution in [0.3, 0.4) is 0 Å². The van der Waals surface area contributed by atoms with Gasteiger partial charge in [0, 0.05) is 24.8 Å². The average Bonchev–Trinajstić information content (AvgIpc) is 3.18. The molecule has 0 aliphatic rings. The van der Waals surface area contributed by atoms with E-state index >= 15 is 0 Å². The molecule has 0 radical (unpaired) electrons. The Morgan fingerprint density at radius 3 is 2.32 bits per heavy atom. The highest BCUT2D eigenvalue weighted by atomic mass is 35.5. The van der Waals surface area contributed by atoms with Gasteiger partial charge in [0.15, 0.2) is 0 Å². The molecular formula is C19H13Cl2N7O2S. The maximum atomic E-state index is 11.1. The summed E-state index contributed by atoms with van der Waals surface area (Å²) in [5.74, 6) is 0. The number of thiazole rings is 1. The number of halogens is 2. The van der Waals surface area contributed by atoms with Gasteiger partial charge in [-0.2, -0.15) is 10.5 Å². The summed E-state index contributed by atoms with van der Waals surface area (Å²) in [6.45, 7) is 1.06. The van der Waals surface area contributed by atoms with E-state index in [9.17, 15) is 10.1 Å². The predicted molar refractivity (Wildman–Crippen MR) is 120 cm³/mol. The number of benzene rings is 2.